The number of ether oxygens (including phenoxy) is 1. The highest BCUT2D eigenvalue weighted by Gasteiger charge is 2.25. The Labute approximate surface area is 101 Å². The van der Waals surface area contributed by atoms with Gasteiger partial charge in [0.2, 0.25) is 5.91 Å². The predicted octanol–water partition coefficient (Wildman–Crippen LogP) is 0.813. The highest BCUT2D eigenvalue weighted by atomic mass is 16.5. The molecule has 0 bridgehead atoms. The number of methoxy groups -OCH3 is 1. The zero-order valence-electron chi connectivity index (χ0n) is 10.1. The van der Waals surface area contributed by atoms with Gasteiger partial charge in [0.05, 0.1) is 19.4 Å². The second-order valence-corrected chi connectivity index (χ2v) is 4.36. The molecular formula is C12H19NO4. The Morgan fingerprint density at radius 2 is 2.06 bits per heavy atom. The van der Waals surface area contributed by atoms with Crippen LogP contribution in [0.4, 0.5) is 0 Å². The van der Waals surface area contributed by atoms with Crippen LogP contribution in [-0.4, -0.2) is 31.3 Å². The first-order chi connectivity index (χ1) is 8.17. The highest BCUT2D eigenvalue weighted by molar-refractivity contribution is 5.88. The van der Waals surface area contributed by atoms with Crippen molar-refractivity contribution in [3.05, 3.63) is 0 Å². The summed E-state index contributed by atoms with van der Waals surface area (Å²) in [4.78, 5) is 32.8. The highest BCUT2D eigenvalue weighted by Crippen LogP contribution is 2.24. The lowest BCUT2D eigenvalue weighted by molar-refractivity contribution is -0.145. The first-order valence-electron chi connectivity index (χ1n) is 5.98. The first kappa shape index (κ1) is 13.7. The average Bonchev–Trinajstić information content (AvgIpc) is 2.54. The van der Waals surface area contributed by atoms with Crippen molar-refractivity contribution in [2.45, 2.75) is 44.6 Å². The molecule has 2 unspecified atom stereocenters. The molecule has 0 saturated heterocycles. The van der Waals surface area contributed by atoms with E-state index in [1.165, 1.54) is 7.11 Å². The van der Waals surface area contributed by atoms with Crippen LogP contribution >= 0.6 is 0 Å². The molecule has 0 aromatic heterocycles. The fraction of sp³-hybridized carbons (Fsp3) is 0.750. The largest absolute Gasteiger partial charge is 0.469 e. The maximum atomic E-state index is 11.4. The number of nitrogens with one attached hydrogen (secondary N) is 1. The summed E-state index contributed by atoms with van der Waals surface area (Å²) < 4.78 is 4.73. The normalized spacial score (nSPS) is 24.5. The smallest absolute Gasteiger partial charge is 0.308 e. The third-order valence-corrected chi connectivity index (χ3v) is 3.14. The lowest BCUT2D eigenvalue weighted by Crippen LogP contribution is -2.34. The summed E-state index contributed by atoms with van der Waals surface area (Å²) in [5, 5.41) is 2.81. The standard InChI is InChI=1S/C12H19NO4/c1-17-12(16)9-3-2-4-10(6-5-9)13-11(15)7-8-14/h8-10H,2-7H2,1H3,(H,13,15). The Balaban J connectivity index is 2.39. The maximum Gasteiger partial charge on any atom is 0.308 e. The van der Waals surface area contributed by atoms with Crippen LogP contribution in [0.15, 0.2) is 0 Å². The fourth-order valence-corrected chi connectivity index (χ4v) is 2.21. The van der Waals surface area contributed by atoms with E-state index in [-0.39, 0.29) is 30.3 Å². The minimum Gasteiger partial charge on any atom is -0.469 e. The molecule has 0 aromatic carbocycles. The second-order valence-electron chi connectivity index (χ2n) is 4.36. The summed E-state index contributed by atoms with van der Waals surface area (Å²) in [5.74, 6) is -0.445. The van der Waals surface area contributed by atoms with Gasteiger partial charge in [-0.2, -0.15) is 0 Å². The second kappa shape index (κ2) is 7.04. The van der Waals surface area contributed by atoms with Crippen molar-refractivity contribution in [2.24, 2.45) is 5.92 Å². The molecule has 2 atom stereocenters. The Kier molecular flexibility index (Phi) is 5.66. The summed E-state index contributed by atoms with van der Waals surface area (Å²) in [6.45, 7) is 0. The van der Waals surface area contributed by atoms with Crippen molar-refractivity contribution in [2.75, 3.05) is 7.11 Å². The van der Waals surface area contributed by atoms with Crippen LogP contribution in [0.25, 0.3) is 0 Å². The molecule has 1 saturated carbocycles. The zero-order valence-corrected chi connectivity index (χ0v) is 10.1. The van der Waals surface area contributed by atoms with Gasteiger partial charge in [0, 0.05) is 6.04 Å². The average molecular weight is 241 g/mol. The minimum absolute atomic E-state index is 0.0482. The predicted molar refractivity (Wildman–Crippen MR) is 61.2 cm³/mol. The number of aldehydes is 1. The number of carbonyl (C=O) groups excluding carboxylic acids is 3. The molecule has 0 aromatic rings. The van der Waals surface area contributed by atoms with Gasteiger partial charge in [0.15, 0.2) is 0 Å². The number of amides is 1. The van der Waals surface area contributed by atoms with Crippen LogP contribution in [0.3, 0.4) is 0 Å². The number of hydrogen-bond acceptors (Lipinski definition) is 4. The van der Waals surface area contributed by atoms with Crippen molar-refractivity contribution in [3.8, 4) is 0 Å². The summed E-state index contributed by atoms with van der Waals surface area (Å²) >= 11 is 0. The minimum atomic E-state index is -0.235. The van der Waals surface area contributed by atoms with Gasteiger partial charge >= 0.3 is 5.97 Å². The molecule has 1 fully saturated rings. The van der Waals surface area contributed by atoms with E-state index < -0.39 is 0 Å². The molecule has 0 radical (unpaired) electrons. The molecule has 1 aliphatic rings. The number of esters is 1. The van der Waals surface area contributed by atoms with E-state index in [9.17, 15) is 14.4 Å². The van der Waals surface area contributed by atoms with Crippen LogP contribution in [0.5, 0.6) is 0 Å². The van der Waals surface area contributed by atoms with E-state index in [0.717, 1.165) is 32.1 Å². The monoisotopic (exact) mass is 241 g/mol. The van der Waals surface area contributed by atoms with Crippen LogP contribution in [0, 0.1) is 5.92 Å². The quantitative estimate of drug-likeness (QED) is 0.342. The SMILES string of the molecule is COC(=O)C1CCCC(NC(=O)CC=O)CC1. The van der Waals surface area contributed by atoms with Crippen molar-refractivity contribution in [1.29, 1.82) is 0 Å². The molecule has 1 N–H and O–H groups in total. The maximum absolute atomic E-state index is 11.4. The van der Waals surface area contributed by atoms with E-state index in [4.69, 9.17) is 4.74 Å². The van der Waals surface area contributed by atoms with E-state index >= 15 is 0 Å². The van der Waals surface area contributed by atoms with E-state index in [1.54, 1.807) is 0 Å². The van der Waals surface area contributed by atoms with Gasteiger partial charge in [-0.25, -0.2) is 0 Å². The molecule has 17 heavy (non-hydrogen) atoms. The van der Waals surface area contributed by atoms with E-state index in [1.807, 2.05) is 0 Å². The summed E-state index contributed by atoms with van der Waals surface area (Å²) in [6.07, 6.45) is 4.58. The van der Waals surface area contributed by atoms with Crippen LogP contribution in [0.1, 0.15) is 38.5 Å². The molecule has 0 heterocycles. The van der Waals surface area contributed by atoms with Gasteiger partial charge < -0.3 is 14.8 Å². The van der Waals surface area contributed by atoms with Crippen LogP contribution < -0.4 is 5.32 Å². The van der Waals surface area contributed by atoms with Crippen molar-refractivity contribution in [3.63, 3.8) is 0 Å². The Morgan fingerprint density at radius 1 is 1.29 bits per heavy atom. The molecule has 0 aliphatic heterocycles. The van der Waals surface area contributed by atoms with Gasteiger partial charge in [0.25, 0.3) is 0 Å². The van der Waals surface area contributed by atoms with Crippen LogP contribution in [-0.2, 0) is 19.1 Å². The lowest BCUT2D eigenvalue weighted by Gasteiger charge is -2.15. The molecule has 96 valence electrons. The van der Waals surface area contributed by atoms with E-state index in [0.29, 0.717) is 6.29 Å². The summed E-state index contributed by atoms with van der Waals surface area (Å²) in [6, 6.07) is 0.0807. The van der Waals surface area contributed by atoms with E-state index in [2.05, 4.69) is 5.32 Å². The lowest BCUT2D eigenvalue weighted by atomic mass is 10.0. The molecular weight excluding hydrogens is 222 g/mol. The number of hydrogen-bond donors (Lipinski definition) is 1. The molecule has 1 aliphatic carbocycles. The molecule has 5 heteroatoms. The Bertz CT molecular complexity index is 290. The fourth-order valence-electron chi connectivity index (χ4n) is 2.21. The van der Waals surface area contributed by atoms with Crippen LogP contribution in [0.2, 0.25) is 0 Å². The first-order valence-corrected chi connectivity index (χ1v) is 5.98. The molecule has 1 rings (SSSR count). The number of rotatable bonds is 4. The van der Waals surface area contributed by atoms with Gasteiger partial charge in [-0.1, -0.05) is 6.42 Å². The summed E-state index contributed by atoms with van der Waals surface area (Å²) in [5.41, 5.74) is 0. The summed E-state index contributed by atoms with van der Waals surface area (Å²) in [7, 11) is 1.40. The van der Waals surface area contributed by atoms with Gasteiger partial charge in [-0.3, -0.25) is 9.59 Å². The zero-order chi connectivity index (χ0) is 12.7. The number of carbonyl (C=O) groups is 3. The Hall–Kier alpha value is -1.39. The van der Waals surface area contributed by atoms with Gasteiger partial charge in [-0.05, 0) is 25.7 Å². The third kappa shape index (κ3) is 4.54. The third-order valence-electron chi connectivity index (χ3n) is 3.14. The van der Waals surface area contributed by atoms with Gasteiger partial charge in [0.1, 0.15) is 6.29 Å². The van der Waals surface area contributed by atoms with Gasteiger partial charge in [-0.15, -0.1) is 0 Å². The molecule has 0 spiro atoms. The molecule has 1 amide bonds. The Morgan fingerprint density at radius 3 is 2.71 bits per heavy atom. The van der Waals surface area contributed by atoms with Crippen molar-refractivity contribution in [1.82, 2.24) is 5.32 Å². The molecule has 5 nitrogen and oxygen atoms in total. The van der Waals surface area contributed by atoms with Crippen molar-refractivity contribution >= 4 is 18.2 Å². The van der Waals surface area contributed by atoms with Crippen molar-refractivity contribution < 1.29 is 19.1 Å². The topological polar surface area (TPSA) is 72.5 Å².